The van der Waals surface area contributed by atoms with Crippen molar-refractivity contribution < 1.29 is 41.3 Å². The van der Waals surface area contributed by atoms with E-state index in [1.807, 2.05) is 37.4 Å². The van der Waals surface area contributed by atoms with Gasteiger partial charge < -0.3 is 19.9 Å². The molecule has 44 heavy (non-hydrogen) atoms. The number of rotatable bonds is 11. The maximum Gasteiger partial charge on any atom is 0.490 e. The van der Waals surface area contributed by atoms with Crippen LogP contribution in [0.3, 0.4) is 0 Å². The highest BCUT2D eigenvalue weighted by atomic mass is 32.2. The zero-order chi connectivity index (χ0) is 31.9. The molecule has 4 aromatic rings. The Hall–Kier alpha value is -2.98. The number of aromatic amines is 1. The predicted octanol–water partition coefficient (Wildman–Crippen LogP) is 6.56. The van der Waals surface area contributed by atoms with Crippen molar-refractivity contribution >= 4 is 55.3 Å². The largest absolute Gasteiger partial charge is 0.490 e. The third-order valence-corrected chi connectivity index (χ3v) is 11.6. The summed E-state index contributed by atoms with van der Waals surface area (Å²) in [5, 5.41) is 20.5. The van der Waals surface area contributed by atoms with Crippen LogP contribution in [0.15, 0.2) is 52.2 Å². The average molecular weight is 674 g/mol. The molecule has 0 spiro atoms. The first-order valence-corrected chi connectivity index (χ1v) is 17.2. The van der Waals surface area contributed by atoms with Gasteiger partial charge in [-0.1, -0.05) is 31.0 Å². The number of anilines is 1. The molecular formula is C29H34F3N3O6S3. The third-order valence-electron chi connectivity index (χ3n) is 7.38. The van der Waals surface area contributed by atoms with Gasteiger partial charge in [0.2, 0.25) is 0 Å². The predicted molar refractivity (Wildman–Crippen MR) is 165 cm³/mol. The maximum absolute atomic E-state index is 13.6. The number of nitrogens with one attached hydrogen (secondary N) is 1. The molecular weight excluding hydrogens is 640 g/mol. The average Bonchev–Trinajstić information content (AvgIpc) is 3.77. The molecule has 0 bridgehead atoms. The molecule has 0 saturated heterocycles. The number of alkyl halides is 3. The third kappa shape index (κ3) is 8.18. The number of hydrogen-bond acceptors (Lipinski definition) is 8. The number of aliphatic hydroxyl groups is 1. The number of nitrogens with zero attached hydrogens (tertiary/aromatic N) is 2. The van der Waals surface area contributed by atoms with E-state index in [1.54, 1.807) is 28.8 Å². The number of carboxylic acids is 1. The number of thiophene rings is 1. The van der Waals surface area contributed by atoms with E-state index in [1.165, 1.54) is 33.4 Å². The topological polar surface area (TPSA) is 133 Å². The van der Waals surface area contributed by atoms with Gasteiger partial charge in [-0.3, -0.25) is 4.31 Å². The Kier molecular flexibility index (Phi) is 11.5. The van der Waals surface area contributed by atoms with Gasteiger partial charge in [0.25, 0.3) is 10.0 Å². The van der Waals surface area contributed by atoms with Crippen LogP contribution in [0.1, 0.15) is 37.5 Å². The number of para-hydroxylation sites is 1. The van der Waals surface area contributed by atoms with Gasteiger partial charge in [-0.2, -0.15) is 13.2 Å². The Balaban J connectivity index is 0.000000566. The second-order valence-electron chi connectivity index (χ2n) is 10.3. The van der Waals surface area contributed by atoms with E-state index in [0.29, 0.717) is 34.9 Å². The van der Waals surface area contributed by atoms with E-state index >= 15 is 0 Å². The molecule has 1 aromatic carbocycles. The van der Waals surface area contributed by atoms with Crippen molar-refractivity contribution in [3.05, 3.63) is 52.9 Å². The molecule has 3 heterocycles. The van der Waals surface area contributed by atoms with Gasteiger partial charge in [0.1, 0.15) is 9.22 Å². The molecule has 1 aliphatic rings. The standard InChI is InChI=1S/C27H33N3O4S3.C2HF3O2/c1-2-34-13-12-30(37(32,33)25-11-6-14-35-25)24-10-5-9-20-16-23(29-26(20)24)27-28-17-22(36-27)15-19-7-3-4-8-21(19)18-31;3-2(4,5)1(6)7/h5-6,9-11,14,16-17,19,21,29,31H,2-4,7-8,12-13,15,18H2,1H3;(H,6,7). The molecule has 1 fully saturated rings. The van der Waals surface area contributed by atoms with Crippen LogP contribution in [-0.2, 0) is 26.0 Å². The number of fused-ring (bicyclic) bond motifs is 1. The number of carboxylic acid groups (broad SMARTS) is 1. The van der Waals surface area contributed by atoms with Gasteiger partial charge in [-0.25, -0.2) is 18.2 Å². The lowest BCUT2D eigenvalue weighted by Crippen LogP contribution is -2.34. The number of aliphatic carboxylic acids is 1. The van der Waals surface area contributed by atoms with Gasteiger partial charge in [-0.05, 0) is 61.6 Å². The fourth-order valence-electron chi connectivity index (χ4n) is 5.22. The summed E-state index contributed by atoms with van der Waals surface area (Å²) in [5.74, 6) is -1.88. The number of benzene rings is 1. The Morgan fingerprint density at radius 1 is 1.18 bits per heavy atom. The summed E-state index contributed by atoms with van der Waals surface area (Å²) in [7, 11) is -3.74. The number of H-pyrrole nitrogens is 1. The lowest BCUT2D eigenvalue weighted by Gasteiger charge is -2.29. The number of thiazole rings is 1. The van der Waals surface area contributed by atoms with Gasteiger partial charge in [0.15, 0.2) is 0 Å². The van der Waals surface area contributed by atoms with Crippen LogP contribution in [-0.4, -0.2) is 67.1 Å². The molecule has 2 atom stereocenters. The number of halogens is 3. The molecule has 5 rings (SSSR count). The van der Waals surface area contributed by atoms with Crippen molar-refractivity contribution in [2.75, 3.05) is 30.7 Å². The number of carbonyl (C=O) groups is 1. The summed E-state index contributed by atoms with van der Waals surface area (Å²) in [6, 6.07) is 11.1. The number of aliphatic hydroxyl groups excluding tert-OH is 1. The summed E-state index contributed by atoms with van der Waals surface area (Å²) in [6.45, 7) is 3.20. The number of sulfonamides is 1. The molecule has 0 amide bonds. The van der Waals surface area contributed by atoms with Gasteiger partial charge >= 0.3 is 12.1 Å². The summed E-state index contributed by atoms with van der Waals surface area (Å²) >= 11 is 2.88. The van der Waals surface area contributed by atoms with Crippen molar-refractivity contribution in [1.29, 1.82) is 0 Å². The van der Waals surface area contributed by atoms with Crippen LogP contribution in [0.5, 0.6) is 0 Å². The second-order valence-corrected chi connectivity index (χ2v) is 14.4. The molecule has 15 heteroatoms. The van der Waals surface area contributed by atoms with Crippen LogP contribution >= 0.6 is 22.7 Å². The van der Waals surface area contributed by atoms with E-state index in [9.17, 15) is 26.7 Å². The van der Waals surface area contributed by atoms with E-state index in [2.05, 4.69) is 4.98 Å². The molecule has 3 N–H and O–H groups in total. The molecule has 3 aromatic heterocycles. The van der Waals surface area contributed by atoms with Crippen LogP contribution in [0.2, 0.25) is 0 Å². The number of aromatic nitrogens is 2. The van der Waals surface area contributed by atoms with Crippen LogP contribution in [0, 0.1) is 11.8 Å². The molecule has 1 saturated carbocycles. The van der Waals surface area contributed by atoms with Crippen LogP contribution in [0.4, 0.5) is 18.9 Å². The second kappa shape index (κ2) is 14.9. The lowest BCUT2D eigenvalue weighted by molar-refractivity contribution is -0.192. The first kappa shape index (κ1) is 33.9. The van der Waals surface area contributed by atoms with E-state index in [0.717, 1.165) is 40.9 Å². The van der Waals surface area contributed by atoms with Crippen molar-refractivity contribution in [1.82, 2.24) is 9.97 Å². The Bertz CT molecular complexity index is 1620. The highest BCUT2D eigenvalue weighted by molar-refractivity contribution is 7.94. The van der Waals surface area contributed by atoms with Crippen molar-refractivity contribution in [3.63, 3.8) is 0 Å². The Morgan fingerprint density at radius 3 is 2.55 bits per heavy atom. The molecule has 1 aliphatic carbocycles. The number of hydrogen-bond donors (Lipinski definition) is 3. The van der Waals surface area contributed by atoms with E-state index in [4.69, 9.17) is 19.6 Å². The van der Waals surface area contributed by atoms with Crippen LogP contribution < -0.4 is 4.31 Å². The van der Waals surface area contributed by atoms with Gasteiger partial charge in [0.05, 0.1) is 30.0 Å². The van der Waals surface area contributed by atoms with Gasteiger partial charge in [-0.15, -0.1) is 22.7 Å². The van der Waals surface area contributed by atoms with Gasteiger partial charge in [0, 0.05) is 29.7 Å². The summed E-state index contributed by atoms with van der Waals surface area (Å²) in [5.41, 5.74) is 2.24. The molecule has 0 aliphatic heterocycles. The summed E-state index contributed by atoms with van der Waals surface area (Å²) in [4.78, 5) is 18.3. The monoisotopic (exact) mass is 673 g/mol. The maximum atomic E-state index is 13.6. The fourth-order valence-corrected chi connectivity index (χ4v) is 8.76. The zero-order valence-corrected chi connectivity index (χ0v) is 26.4. The summed E-state index contributed by atoms with van der Waals surface area (Å²) in [6.07, 6.45) is 2.50. The first-order chi connectivity index (χ1) is 21.0. The van der Waals surface area contributed by atoms with E-state index in [-0.39, 0.29) is 13.2 Å². The Morgan fingerprint density at radius 2 is 1.91 bits per heavy atom. The normalized spacial score (nSPS) is 17.3. The smallest absolute Gasteiger partial charge is 0.475 e. The molecule has 240 valence electrons. The highest BCUT2D eigenvalue weighted by Crippen LogP contribution is 2.37. The molecule has 0 radical (unpaired) electrons. The lowest BCUT2D eigenvalue weighted by atomic mass is 9.78. The van der Waals surface area contributed by atoms with Crippen molar-refractivity contribution in [2.45, 2.75) is 49.4 Å². The Labute approximate surface area is 261 Å². The highest BCUT2D eigenvalue weighted by Gasteiger charge is 2.38. The minimum atomic E-state index is -5.08. The minimum Gasteiger partial charge on any atom is -0.475 e. The zero-order valence-electron chi connectivity index (χ0n) is 23.9. The quantitative estimate of drug-likeness (QED) is 0.154. The number of ether oxygens (including phenoxy) is 1. The molecule has 2 unspecified atom stereocenters. The van der Waals surface area contributed by atoms with E-state index < -0.39 is 22.2 Å². The van der Waals surface area contributed by atoms with Crippen molar-refractivity contribution in [2.24, 2.45) is 11.8 Å². The molecule has 9 nitrogen and oxygen atoms in total. The minimum absolute atomic E-state index is 0.219. The summed E-state index contributed by atoms with van der Waals surface area (Å²) < 4.78 is 66.2. The fraction of sp³-hybridized carbons (Fsp3) is 0.448. The van der Waals surface area contributed by atoms with Crippen LogP contribution in [0.25, 0.3) is 21.6 Å². The van der Waals surface area contributed by atoms with Crippen molar-refractivity contribution in [3.8, 4) is 10.7 Å². The first-order valence-electron chi connectivity index (χ1n) is 14.1. The SMILES string of the molecule is CCOCCN(c1cccc2cc(-c3ncc(CC4CCCCC4CO)s3)[nH]c12)S(=O)(=O)c1cccs1.O=C(O)C(F)(F)F.